The van der Waals surface area contributed by atoms with Crippen LogP contribution in [0.4, 0.5) is 0 Å². The molecule has 0 aromatic carbocycles. The van der Waals surface area contributed by atoms with Crippen molar-refractivity contribution in [3.8, 4) is 0 Å². The van der Waals surface area contributed by atoms with Crippen LogP contribution in [-0.4, -0.2) is 60.9 Å². The molecule has 0 bridgehead atoms. The first kappa shape index (κ1) is 14.4. The molecule has 1 aromatic heterocycles. The summed E-state index contributed by atoms with van der Waals surface area (Å²) in [6.45, 7) is 3.51. The third-order valence-corrected chi connectivity index (χ3v) is 3.22. The van der Waals surface area contributed by atoms with Crippen molar-refractivity contribution < 1.29 is 14.7 Å². The van der Waals surface area contributed by atoms with Gasteiger partial charge in [-0.3, -0.25) is 9.59 Å². The van der Waals surface area contributed by atoms with Crippen LogP contribution in [0.3, 0.4) is 0 Å². The van der Waals surface area contributed by atoms with E-state index in [1.54, 1.807) is 11.9 Å². The second kappa shape index (κ2) is 6.34. The van der Waals surface area contributed by atoms with E-state index in [4.69, 9.17) is 5.11 Å². The number of thioether (sulfide) groups is 1. The van der Waals surface area contributed by atoms with Crippen LogP contribution in [0.25, 0.3) is 0 Å². The highest BCUT2D eigenvalue weighted by Gasteiger charge is 2.15. The molecule has 9 heteroatoms. The first-order chi connectivity index (χ1) is 8.41. The fraction of sp³-hybridized carbons (Fsp3) is 0.667. The molecule has 0 radical (unpaired) electrons. The average Bonchev–Trinajstić information content (AvgIpc) is 2.71. The molecule has 18 heavy (non-hydrogen) atoms. The van der Waals surface area contributed by atoms with Crippen molar-refractivity contribution in [2.45, 2.75) is 31.6 Å². The molecule has 0 spiro atoms. The first-order valence-electron chi connectivity index (χ1n) is 5.28. The van der Waals surface area contributed by atoms with Gasteiger partial charge in [0, 0.05) is 13.1 Å². The lowest BCUT2D eigenvalue weighted by Crippen LogP contribution is -2.34. The van der Waals surface area contributed by atoms with Crippen LogP contribution in [0.1, 0.15) is 13.8 Å². The van der Waals surface area contributed by atoms with Crippen molar-refractivity contribution in [1.82, 2.24) is 25.1 Å². The summed E-state index contributed by atoms with van der Waals surface area (Å²) in [4.78, 5) is 23.9. The monoisotopic (exact) mass is 273 g/mol. The van der Waals surface area contributed by atoms with E-state index in [2.05, 4.69) is 15.5 Å². The lowest BCUT2D eigenvalue weighted by Gasteiger charge is -2.20. The van der Waals surface area contributed by atoms with Gasteiger partial charge in [0.25, 0.3) is 0 Å². The van der Waals surface area contributed by atoms with Gasteiger partial charge < -0.3 is 10.0 Å². The van der Waals surface area contributed by atoms with Crippen LogP contribution < -0.4 is 0 Å². The Morgan fingerprint density at radius 3 is 2.72 bits per heavy atom. The minimum absolute atomic E-state index is 0.0557. The number of hydrogen-bond acceptors (Lipinski definition) is 6. The number of tetrazole rings is 1. The SMILES string of the molecule is CC(C)N(C)C(=O)CSc1nnnn1CC(=O)O. The zero-order valence-electron chi connectivity index (χ0n) is 10.4. The molecule has 0 aliphatic carbocycles. The Morgan fingerprint density at radius 1 is 1.50 bits per heavy atom. The number of carbonyl (C=O) groups is 2. The summed E-state index contributed by atoms with van der Waals surface area (Å²) in [5.41, 5.74) is 0. The molecule has 100 valence electrons. The third-order valence-electron chi connectivity index (χ3n) is 2.28. The quantitative estimate of drug-likeness (QED) is 0.711. The summed E-state index contributed by atoms with van der Waals surface area (Å²) in [5.74, 6) is -0.913. The molecule has 1 aromatic rings. The Hall–Kier alpha value is -1.64. The number of carboxylic acids is 1. The van der Waals surface area contributed by atoms with Crippen LogP contribution >= 0.6 is 11.8 Å². The van der Waals surface area contributed by atoms with Crippen molar-refractivity contribution in [3.63, 3.8) is 0 Å². The maximum absolute atomic E-state index is 11.7. The highest BCUT2D eigenvalue weighted by Crippen LogP contribution is 2.14. The Labute approximate surface area is 108 Å². The van der Waals surface area contributed by atoms with E-state index in [-0.39, 0.29) is 24.2 Å². The molecule has 1 rings (SSSR count). The van der Waals surface area contributed by atoms with Gasteiger partial charge in [0.2, 0.25) is 11.1 Å². The molecule has 1 amide bonds. The minimum atomic E-state index is -1.03. The van der Waals surface area contributed by atoms with E-state index < -0.39 is 5.97 Å². The Bertz CT molecular complexity index is 434. The summed E-state index contributed by atoms with van der Waals surface area (Å²) in [6, 6.07) is 0.119. The van der Waals surface area contributed by atoms with E-state index >= 15 is 0 Å². The summed E-state index contributed by atoms with van der Waals surface area (Å²) < 4.78 is 1.15. The number of aliphatic carboxylic acids is 1. The van der Waals surface area contributed by atoms with Crippen molar-refractivity contribution in [3.05, 3.63) is 0 Å². The predicted octanol–water partition coefficient (Wildman–Crippen LogP) is -0.283. The topological polar surface area (TPSA) is 101 Å². The van der Waals surface area contributed by atoms with Gasteiger partial charge in [0.05, 0.1) is 5.75 Å². The molecule has 0 saturated carbocycles. The van der Waals surface area contributed by atoms with Crippen molar-refractivity contribution in [2.24, 2.45) is 0 Å². The first-order valence-corrected chi connectivity index (χ1v) is 6.26. The molecule has 0 aliphatic heterocycles. The summed E-state index contributed by atoms with van der Waals surface area (Å²) >= 11 is 1.12. The molecule has 8 nitrogen and oxygen atoms in total. The molecule has 0 unspecified atom stereocenters. The molecule has 0 atom stereocenters. The summed E-state index contributed by atoms with van der Waals surface area (Å²) in [6.07, 6.45) is 0. The van der Waals surface area contributed by atoms with Crippen LogP contribution in [0.2, 0.25) is 0 Å². The Morgan fingerprint density at radius 2 is 2.17 bits per heavy atom. The number of carbonyl (C=O) groups excluding carboxylic acids is 1. The van der Waals surface area contributed by atoms with Gasteiger partial charge in [-0.05, 0) is 24.3 Å². The molecular formula is C9H15N5O3S. The number of rotatable bonds is 6. The van der Waals surface area contributed by atoms with E-state index in [9.17, 15) is 9.59 Å². The maximum atomic E-state index is 11.7. The van der Waals surface area contributed by atoms with Crippen LogP contribution in [0.15, 0.2) is 5.16 Å². The van der Waals surface area contributed by atoms with E-state index in [0.29, 0.717) is 5.16 Å². The highest BCUT2D eigenvalue weighted by molar-refractivity contribution is 7.99. The molecule has 0 fully saturated rings. The van der Waals surface area contributed by atoms with Crippen molar-refractivity contribution in [2.75, 3.05) is 12.8 Å². The zero-order valence-corrected chi connectivity index (χ0v) is 11.2. The van der Waals surface area contributed by atoms with Gasteiger partial charge in [-0.25, -0.2) is 4.68 Å². The van der Waals surface area contributed by atoms with Gasteiger partial charge >= 0.3 is 5.97 Å². The van der Waals surface area contributed by atoms with Crippen LogP contribution in [-0.2, 0) is 16.1 Å². The summed E-state index contributed by atoms with van der Waals surface area (Å²) in [5, 5.41) is 19.6. The maximum Gasteiger partial charge on any atom is 0.325 e. The molecule has 1 N–H and O–H groups in total. The number of aromatic nitrogens is 4. The van der Waals surface area contributed by atoms with Crippen LogP contribution in [0, 0.1) is 0 Å². The molecule has 0 aliphatic rings. The van der Waals surface area contributed by atoms with Gasteiger partial charge in [-0.1, -0.05) is 11.8 Å². The minimum Gasteiger partial charge on any atom is -0.480 e. The van der Waals surface area contributed by atoms with E-state index in [0.717, 1.165) is 16.4 Å². The Balaban J connectivity index is 2.56. The predicted molar refractivity (Wildman–Crippen MR) is 64.1 cm³/mol. The lowest BCUT2D eigenvalue weighted by atomic mass is 10.3. The molecule has 0 saturated heterocycles. The fourth-order valence-electron chi connectivity index (χ4n) is 1.04. The van der Waals surface area contributed by atoms with Gasteiger partial charge in [-0.2, -0.15) is 0 Å². The number of hydrogen-bond donors (Lipinski definition) is 1. The fourth-order valence-corrected chi connectivity index (χ4v) is 1.84. The lowest BCUT2D eigenvalue weighted by molar-refractivity contribution is -0.138. The summed E-state index contributed by atoms with van der Waals surface area (Å²) in [7, 11) is 1.72. The third kappa shape index (κ3) is 3.99. The Kier molecular flexibility index (Phi) is 5.08. The molecular weight excluding hydrogens is 258 g/mol. The van der Waals surface area contributed by atoms with Gasteiger partial charge in [-0.15, -0.1) is 5.10 Å². The molecule has 1 heterocycles. The number of carboxylic acid groups (broad SMARTS) is 1. The van der Waals surface area contributed by atoms with Crippen molar-refractivity contribution >= 4 is 23.6 Å². The van der Waals surface area contributed by atoms with Gasteiger partial charge in [0.15, 0.2) is 0 Å². The van der Waals surface area contributed by atoms with Crippen molar-refractivity contribution in [1.29, 1.82) is 0 Å². The largest absolute Gasteiger partial charge is 0.480 e. The zero-order chi connectivity index (χ0) is 13.7. The number of nitrogens with zero attached hydrogens (tertiary/aromatic N) is 5. The van der Waals surface area contributed by atoms with Crippen LogP contribution in [0.5, 0.6) is 0 Å². The van der Waals surface area contributed by atoms with E-state index in [1.165, 1.54) is 0 Å². The second-order valence-electron chi connectivity index (χ2n) is 3.90. The average molecular weight is 273 g/mol. The standard InChI is InChI=1S/C9H15N5O3S/c1-6(2)13(3)7(15)5-18-9-10-11-12-14(9)4-8(16)17/h6H,4-5H2,1-3H3,(H,16,17). The smallest absolute Gasteiger partial charge is 0.325 e. The highest BCUT2D eigenvalue weighted by atomic mass is 32.2. The second-order valence-corrected chi connectivity index (χ2v) is 4.84. The number of amides is 1. The van der Waals surface area contributed by atoms with Gasteiger partial charge in [0.1, 0.15) is 6.54 Å². The van der Waals surface area contributed by atoms with E-state index in [1.807, 2.05) is 13.8 Å². The normalized spacial score (nSPS) is 10.7.